The van der Waals surface area contributed by atoms with Gasteiger partial charge in [-0.15, -0.1) is 0 Å². The van der Waals surface area contributed by atoms with E-state index in [2.05, 4.69) is 46.8 Å². The predicted molar refractivity (Wildman–Crippen MR) is 99.1 cm³/mol. The number of fused-ring (bicyclic) bond motifs is 1. The van der Waals surface area contributed by atoms with Crippen LogP contribution in [0.5, 0.6) is 0 Å². The predicted octanol–water partition coefficient (Wildman–Crippen LogP) is 1.64. The number of aromatic amines is 1. The number of imidazole rings is 1. The molecule has 0 radical (unpaired) electrons. The van der Waals surface area contributed by atoms with Crippen LogP contribution < -0.4 is 10.9 Å². The number of aryl methyl sites for hydroxylation is 2. The van der Waals surface area contributed by atoms with E-state index >= 15 is 0 Å². The maximum Gasteiger partial charge on any atom is 0.254 e. The lowest BCUT2D eigenvalue weighted by molar-refractivity contribution is -0.122. The molecule has 0 fully saturated rings. The van der Waals surface area contributed by atoms with Crippen LogP contribution in [0.3, 0.4) is 0 Å². The van der Waals surface area contributed by atoms with Crippen molar-refractivity contribution in [2.75, 3.05) is 0 Å². The molecule has 26 heavy (non-hydrogen) atoms. The molecular weight excluding hydrogens is 330 g/mol. The summed E-state index contributed by atoms with van der Waals surface area (Å²) in [6.07, 6.45) is 5.93. The third kappa shape index (κ3) is 4.03. The Kier molecular flexibility index (Phi) is 4.98. The zero-order valence-corrected chi connectivity index (χ0v) is 15.9. The molecule has 1 aliphatic rings. The van der Waals surface area contributed by atoms with Crippen LogP contribution >= 0.6 is 0 Å². The quantitative estimate of drug-likeness (QED) is 0.870. The van der Waals surface area contributed by atoms with Gasteiger partial charge in [0.15, 0.2) is 0 Å². The lowest BCUT2D eigenvalue weighted by Gasteiger charge is -2.24. The summed E-state index contributed by atoms with van der Waals surface area (Å²) in [6, 6.07) is 0.102. The van der Waals surface area contributed by atoms with E-state index in [1.807, 2.05) is 0 Å². The fraction of sp³-hybridized carbons (Fsp3) is 0.579. The number of aromatic nitrogens is 4. The Morgan fingerprint density at radius 1 is 1.42 bits per heavy atom. The average molecular weight is 357 g/mol. The summed E-state index contributed by atoms with van der Waals surface area (Å²) in [6.45, 7) is 9.00. The molecule has 0 aromatic carbocycles. The van der Waals surface area contributed by atoms with Crippen LogP contribution in [0.4, 0.5) is 0 Å². The average Bonchev–Trinajstić information content (AvgIpc) is 2.98. The lowest BCUT2D eigenvalue weighted by Crippen LogP contribution is -2.41. The molecule has 1 amide bonds. The number of rotatable bonds is 4. The first kappa shape index (κ1) is 18.4. The molecule has 2 aromatic heterocycles. The second-order valence-electron chi connectivity index (χ2n) is 8.04. The molecule has 140 valence electrons. The summed E-state index contributed by atoms with van der Waals surface area (Å²) in [5.74, 6) is 1.07. The molecular formula is C19H27N5O2. The summed E-state index contributed by atoms with van der Waals surface area (Å²) in [5.41, 5.74) is 2.21. The Morgan fingerprint density at radius 3 is 2.88 bits per heavy atom. The van der Waals surface area contributed by atoms with Crippen molar-refractivity contribution >= 4 is 5.91 Å². The highest BCUT2D eigenvalue weighted by Crippen LogP contribution is 2.24. The molecule has 0 bridgehead atoms. The van der Waals surface area contributed by atoms with Crippen molar-refractivity contribution in [3.63, 3.8) is 0 Å². The van der Waals surface area contributed by atoms with Gasteiger partial charge in [-0.2, -0.15) is 0 Å². The van der Waals surface area contributed by atoms with Crippen molar-refractivity contribution in [2.24, 2.45) is 0 Å². The van der Waals surface area contributed by atoms with Crippen LogP contribution in [0.15, 0.2) is 17.3 Å². The van der Waals surface area contributed by atoms with Gasteiger partial charge in [0.2, 0.25) is 5.91 Å². The van der Waals surface area contributed by atoms with Crippen molar-refractivity contribution in [3.8, 4) is 0 Å². The minimum absolute atomic E-state index is 0.0255. The monoisotopic (exact) mass is 357 g/mol. The van der Waals surface area contributed by atoms with Crippen LogP contribution in [0, 0.1) is 6.92 Å². The first-order chi connectivity index (χ1) is 12.2. The third-order valence-corrected chi connectivity index (χ3v) is 4.89. The van der Waals surface area contributed by atoms with E-state index in [4.69, 9.17) is 4.98 Å². The van der Waals surface area contributed by atoms with Gasteiger partial charge >= 0.3 is 0 Å². The van der Waals surface area contributed by atoms with Crippen LogP contribution in [-0.2, 0) is 29.6 Å². The van der Waals surface area contributed by atoms with Crippen LogP contribution in [0.2, 0.25) is 0 Å². The minimum atomic E-state index is -0.166. The summed E-state index contributed by atoms with van der Waals surface area (Å²) >= 11 is 0. The maximum atomic E-state index is 12.3. The molecule has 3 rings (SSSR count). The Morgan fingerprint density at radius 2 is 2.19 bits per heavy atom. The molecule has 1 unspecified atom stereocenters. The first-order valence-corrected chi connectivity index (χ1v) is 9.13. The molecule has 2 aromatic rings. The standard InChI is InChI=1S/C19H27N5O2/c1-12-14(18(26)21-11-20-12)6-8-17(25)22-13-5-7-16-23-15(19(2,3)4)10-24(16)9-13/h10-11,13H,5-9H2,1-4H3,(H,22,25)(H,20,21,26). The van der Waals surface area contributed by atoms with Crippen molar-refractivity contribution in [1.82, 2.24) is 24.8 Å². The molecule has 1 aliphatic heterocycles. The van der Waals surface area contributed by atoms with Gasteiger partial charge in [-0.1, -0.05) is 20.8 Å². The van der Waals surface area contributed by atoms with Crippen molar-refractivity contribution in [3.05, 3.63) is 45.7 Å². The molecule has 3 heterocycles. The number of amides is 1. The second-order valence-corrected chi connectivity index (χ2v) is 8.04. The zero-order valence-electron chi connectivity index (χ0n) is 15.9. The minimum Gasteiger partial charge on any atom is -0.352 e. The highest BCUT2D eigenvalue weighted by atomic mass is 16.1. The van der Waals surface area contributed by atoms with Crippen LogP contribution in [0.1, 0.15) is 56.4 Å². The number of nitrogens with one attached hydrogen (secondary N) is 2. The summed E-state index contributed by atoms with van der Waals surface area (Å²) in [7, 11) is 0. The number of nitrogens with zero attached hydrogens (tertiary/aromatic N) is 3. The Bertz CT molecular complexity index is 860. The van der Waals surface area contributed by atoms with E-state index in [0.29, 0.717) is 17.7 Å². The Balaban J connectivity index is 1.57. The number of hydrogen-bond donors (Lipinski definition) is 2. The summed E-state index contributed by atoms with van der Waals surface area (Å²) in [5, 5.41) is 3.10. The molecule has 0 aliphatic carbocycles. The van der Waals surface area contributed by atoms with E-state index in [1.54, 1.807) is 6.92 Å². The third-order valence-electron chi connectivity index (χ3n) is 4.89. The maximum absolute atomic E-state index is 12.3. The van der Waals surface area contributed by atoms with Gasteiger partial charge in [0.1, 0.15) is 5.82 Å². The van der Waals surface area contributed by atoms with Crippen molar-refractivity contribution in [2.45, 2.75) is 71.4 Å². The number of hydrogen-bond acceptors (Lipinski definition) is 4. The van der Waals surface area contributed by atoms with Crippen LogP contribution in [-0.4, -0.2) is 31.5 Å². The number of carbonyl (C=O) groups is 1. The molecule has 0 saturated heterocycles. The Hall–Kier alpha value is -2.44. The highest BCUT2D eigenvalue weighted by molar-refractivity contribution is 5.76. The van der Waals surface area contributed by atoms with Crippen molar-refractivity contribution < 1.29 is 4.79 Å². The van der Waals surface area contributed by atoms with Gasteiger partial charge in [0.25, 0.3) is 5.56 Å². The summed E-state index contributed by atoms with van der Waals surface area (Å²) in [4.78, 5) is 35.5. The molecule has 1 atom stereocenters. The largest absolute Gasteiger partial charge is 0.352 e. The fourth-order valence-corrected chi connectivity index (χ4v) is 3.27. The van der Waals surface area contributed by atoms with E-state index < -0.39 is 0 Å². The van der Waals surface area contributed by atoms with Crippen molar-refractivity contribution in [1.29, 1.82) is 0 Å². The second kappa shape index (κ2) is 7.05. The number of H-pyrrole nitrogens is 1. The lowest BCUT2D eigenvalue weighted by atomic mass is 9.93. The molecule has 0 spiro atoms. The summed E-state index contributed by atoms with van der Waals surface area (Å²) < 4.78 is 2.16. The van der Waals surface area contributed by atoms with E-state index in [9.17, 15) is 9.59 Å². The zero-order chi connectivity index (χ0) is 18.9. The number of carbonyl (C=O) groups excluding carboxylic acids is 1. The first-order valence-electron chi connectivity index (χ1n) is 9.13. The van der Waals surface area contributed by atoms with Gasteiger partial charge in [0.05, 0.1) is 12.0 Å². The molecule has 7 nitrogen and oxygen atoms in total. The van der Waals surface area contributed by atoms with E-state index in [-0.39, 0.29) is 29.3 Å². The topological polar surface area (TPSA) is 92.7 Å². The highest BCUT2D eigenvalue weighted by Gasteiger charge is 2.25. The van der Waals surface area contributed by atoms with Gasteiger partial charge < -0.3 is 14.9 Å². The van der Waals surface area contributed by atoms with Crippen LogP contribution in [0.25, 0.3) is 0 Å². The van der Waals surface area contributed by atoms with Gasteiger partial charge in [-0.3, -0.25) is 9.59 Å². The van der Waals surface area contributed by atoms with Gasteiger partial charge in [-0.25, -0.2) is 9.97 Å². The van der Waals surface area contributed by atoms with E-state index in [0.717, 1.165) is 30.9 Å². The molecule has 0 saturated carbocycles. The fourth-order valence-electron chi connectivity index (χ4n) is 3.27. The Labute approximate surface area is 153 Å². The van der Waals surface area contributed by atoms with Gasteiger partial charge in [0, 0.05) is 48.3 Å². The smallest absolute Gasteiger partial charge is 0.254 e. The van der Waals surface area contributed by atoms with Gasteiger partial charge in [-0.05, 0) is 19.8 Å². The molecule has 7 heteroatoms. The normalized spacial score (nSPS) is 17.0. The molecule has 2 N–H and O–H groups in total. The van der Waals surface area contributed by atoms with E-state index in [1.165, 1.54) is 6.33 Å². The SMILES string of the molecule is Cc1nc[nH]c(=O)c1CCC(=O)NC1CCc2nc(C(C)(C)C)cn2C1.